The Labute approximate surface area is 186 Å². The van der Waals surface area contributed by atoms with Crippen LogP contribution in [0.25, 0.3) is 0 Å². The Morgan fingerprint density at radius 2 is 1.66 bits per heavy atom. The van der Waals surface area contributed by atoms with E-state index in [2.05, 4.69) is 15.2 Å². The van der Waals surface area contributed by atoms with Gasteiger partial charge >= 0.3 is 0 Å². The molecule has 166 valence electrons. The zero-order valence-electron chi connectivity index (χ0n) is 17.5. The van der Waals surface area contributed by atoms with Crippen LogP contribution in [-0.2, 0) is 14.8 Å². The van der Waals surface area contributed by atoms with Crippen molar-refractivity contribution in [1.29, 1.82) is 0 Å². The van der Waals surface area contributed by atoms with Crippen molar-refractivity contribution in [3.8, 4) is 5.75 Å². The Balaban J connectivity index is 1.57. The number of para-hydroxylation sites is 1. The zero-order chi connectivity index (χ0) is 23.1. The molecule has 0 bridgehead atoms. The molecule has 0 aliphatic carbocycles. The summed E-state index contributed by atoms with van der Waals surface area (Å²) in [6.45, 7) is 3.17. The fraction of sp³-hybridized carbons (Fsp3) is 0.130. The Kier molecular flexibility index (Phi) is 7.21. The average Bonchev–Trinajstić information content (AvgIpc) is 2.77. The van der Waals surface area contributed by atoms with Crippen LogP contribution in [-0.4, -0.2) is 26.6 Å². The molecule has 0 spiro atoms. The third-order valence-corrected chi connectivity index (χ3v) is 5.83. The van der Waals surface area contributed by atoms with Crippen molar-refractivity contribution in [3.63, 3.8) is 0 Å². The molecule has 0 aromatic heterocycles. The molecular weight excluding hydrogens is 433 g/mol. The van der Waals surface area contributed by atoms with Gasteiger partial charge in [-0.25, -0.2) is 18.2 Å². The Morgan fingerprint density at radius 1 is 1.00 bits per heavy atom. The van der Waals surface area contributed by atoms with Gasteiger partial charge in [0.15, 0.2) is 18.2 Å². The zero-order valence-corrected chi connectivity index (χ0v) is 18.3. The Bertz CT molecular complexity index is 1220. The first-order chi connectivity index (χ1) is 15.2. The molecule has 0 fully saturated rings. The van der Waals surface area contributed by atoms with E-state index < -0.39 is 28.4 Å². The lowest BCUT2D eigenvalue weighted by molar-refractivity contribution is -0.123. The minimum Gasteiger partial charge on any atom is -0.481 e. The number of benzene rings is 3. The highest BCUT2D eigenvalue weighted by molar-refractivity contribution is 7.92. The number of rotatable bonds is 8. The lowest BCUT2D eigenvalue weighted by atomic mass is 10.1. The van der Waals surface area contributed by atoms with Crippen LogP contribution >= 0.6 is 0 Å². The quantitative estimate of drug-likeness (QED) is 0.398. The number of nitrogens with zero attached hydrogens (tertiary/aromatic N) is 1. The average molecular weight is 456 g/mol. The molecule has 1 amide bonds. The van der Waals surface area contributed by atoms with Crippen molar-refractivity contribution in [1.82, 2.24) is 5.43 Å². The summed E-state index contributed by atoms with van der Waals surface area (Å²) in [5.41, 5.74) is 4.88. The first kappa shape index (κ1) is 23.0. The number of anilines is 1. The van der Waals surface area contributed by atoms with Crippen LogP contribution in [0.5, 0.6) is 5.75 Å². The van der Waals surface area contributed by atoms with Crippen LogP contribution in [0.4, 0.5) is 10.1 Å². The van der Waals surface area contributed by atoms with Gasteiger partial charge in [0.1, 0.15) is 0 Å². The summed E-state index contributed by atoms with van der Waals surface area (Å²) in [7, 11) is -3.69. The number of carbonyl (C=O) groups is 1. The van der Waals surface area contributed by atoms with Crippen molar-refractivity contribution >= 4 is 27.3 Å². The molecular formula is C23H22FN3O4S. The number of hydrogen-bond acceptors (Lipinski definition) is 5. The Morgan fingerprint density at radius 3 is 2.31 bits per heavy atom. The standard InChI is InChI=1S/C23H22FN3O4S/c1-16-7-13-20(14-8-16)32(29,30)27-19-11-9-18(10-12-19)17(2)25-26-23(28)15-31-22-6-4-3-5-21(22)24/h3-14,27H,15H2,1-2H3,(H,26,28)/b25-17+. The number of ether oxygens (including phenoxy) is 1. The molecule has 0 saturated carbocycles. The molecule has 3 aromatic carbocycles. The molecule has 0 saturated heterocycles. The molecule has 2 N–H and O–H groups in total. The van der Waals surface area contributed by atoms with Crippen LogP contribution in [0, 0.1) is 12.7 Å². The molecule has 0 aliphatic rings. The molecule has 9 heteroatoms. The maximum Gasteiger partial charge on any atom is 0.277 e. The topological polar surface area (TPSA) is 96.9 Å². The van der Waals surface area contributed by atoms with Crippen molar-refractivity contribution in [2.24, 2.45) is 5.10 Å². The van der Waals surface area contributed by atoms with E-state index in [1.54, 1.807) is 61.5 Å². The summed E-state index contributed by atoms with van der Waals surface area (Å²) >= 11 is 0. The maximum atomic E-state index is 13.5. The lowest BCUT2D eigenvalue weighted by Gasteiger charge is -2.09. The molecule has 0 aliphatic heterocycles. The predicted molar refractivity (Wildman–Crippen MR) is 121 cm³/mol. The summed E-state index contributed by atoms with van der Waals surface area (Å²) in [5, 5.41) is 3.99. The van der Waals surface area contributed by atoms with E-state index in [1.165, 1.54) is 18.2 Å². The van der Waals surface area contributed by atoms with Gasteiger partial charge in [-0.2, -0.15) is 5.10 Å². The van der Waals surface area contributed by atoms with Gasteiger partial charge in [0.05, 0.1) is 10.6 Å². The fourth-order valence-electron chi connectivity index (χ4n) is 2.66. The summed E-state index contributed by atoms with van der Waals surface area (Å²) in [4.78, 5) is 12.1. The number of sulfonamides is 1. The van der Waals surface area contributed by atoms with Crippen LogP contribution in [0.2, 0.25) is 0 Å². The lowest BCUT2D eigenvalue weighted by Crippen LogP contribution is -2.25. The van der Waals surface area contributed by atoms with Crippen LogP contribution < -0.4 is 14.9 Å². The first-order valence-corrected chi connectivity index (χ1v) is 11.1. The van der Waals surface area contributed by atoms with Crippen molar-refractivity contribution in [2.75, 3.05) is 11.3 Å². The van der Waals surface area contributed by atoms with Gasteiger partial charge in [-0.3, -0.25) is 9.52 Å². The maximum absolute atomic E-state index is 13.5. The van der Waals surface area contributed by atoms with Gasteiger partial charge in [0.25, 0.3) is 15.9 Å². The summed E-state index contributed by atoms with van der Waals surface area (Å²) < 4.78 is 46.1. The second kappa shape index (κ2) is 10.1. The summed E-state index contributed by atoms with van der Waals surface area (Å²) in [6.07, 6.45) is 0. The molecule has 0 radical (unpaired) electrons. The molecule has 3 aromatic rings. The van der Waals surface area contributed by atoms with Gasteiger partial charge in [0, 0.05) is 5.69 Å². The molecule has 7 nitrogen and oxygen atoms in total. The smallest absolute Gasteiger partial charge is 0.277 e. The predicted octanol–water partition coefficient (Wildman–Crippen LogP) is 3.85. The van der Waals surface area contributed by atoms with Crippen molar-refractivity contribution in [2.45, 2.75) is 18.7 Å². The fourth-order valence-corrected chi connectivity index (χ4v) is 3.72. The highest BCUT2D eigenvalue weighted by Gasteiger charge is 2.14. The number of amides is 1. The van der Waals surface area contributed by atoms with E-state index in [-0.39, 0.29) is 10.6 Å². The van der Waals surface area contributed by atoms with E-state index in [9.17, 15) is 17.6 Å². The first-order valence-electron chi connectivity index (χ1n) is 9.65. The molecule has 3 rings (SSSR count). The number of halogens is 1. The summed E-state index contributed by atoms with van der Waals surface area (Å²) in [5.74, 6) is -1.12. The number of carbonyl (C=O) groups excluding carboxylic acids is 1. The SMILES string of the molecule is C/C(=N\NC(=O)COc1ccccc1F)c1ccc(NS(=O)(=O)c2ccc(C)cc2)cc1. The Hall–Kier alpha value is -3.72. The van der Waals surface area contributed by atoms with Crippen LogP contribution in [0.15, 0.2) is 82.8 Å². The van der Waals surface area contributed by atoms with Crippen molar-refractivity contribution < 1.29 is 22.3 Å². The van der Waals surface area contributed by atoms with Crippen LogP contribution in [0.3, 0.4) is 0 Å². The van der Waals surface area contributed by atoms with Gasteiger partial charge in [-0.15, -0.1) is 0 Å². The number of hydrogen-bond donors (Lipinski definition) is 2. The molecule has 0 heterocycles. The minimum absolute atomic E-state index is 0.0213. The summed E-state index contributed by atoms with van der Waals surface area (Å²) in [6, 6.07) is 18.9. The largest absolute Gasteiger partial charge is 0.481 e. The third-order valence-electron chi connectivity index (χ3n) is 4.43. The molecule has 0 atom stereocenters. The van der Waals surface area contributed by atoms with E-state index in [1.807, 2.05) is 6.92 Å². The van der Waals surface area contributed by atoms with Crippen molar-refractivity contribution in [3.05, 3.63) is 89.7 Å². The van der Waals surface area contributed by atoms with Gasteiger partial charge in [-0.1, -0.05) is 42.0 Å². The van der Waals surface area contributed by atoms with Gasteiger partial charge in [0.2, 0.25) is 0 Å². The van der Waals surface area contributed by atoms with Crippen LogP contribution in [0.1, 0.15) is 18.1 Å². The number of hydrazone groups is 1. The van der Waals surface area contributed by atoms with Gasteiger partial charge < -0.3 is 4.74 Å². The highest BCUT2D eigenvalue weighted by atomic mass is 32.2. The minimum atomic E-state index is -3.69. The van der Waals surface area contributed by atoms with E-state index in [0.29, 0.717) is 17.0 Å². The van der Waals surface area contributed by atoms with E-state index in [4.69, 9.17) is 4.74 Å². The highest BCUT2D eigenvalue weighted by Crippen LogP contribution is 2.18. The van der Waals surface area contributed by atoms with E-state index in [0.717, 1.165) is 5.56 Å². The third kappa shape index (κ3) is 6.14. The monoisotopic (exact) mass is 455 g/mol. The number of aryl methyl sites for hydroxylation is 1. The van der Waals surface area contributed by atoms with Gasteiger partial charge in [-0.05, 0) is 55.8 Å². The second-order valence-electron chi connectivity index (χ2n) is 6.95. The second-order valence-corrected chi connectivity index (χ2v) is 8.63. The molecule has 32 heavy (non-hydrogen) atoms. The number of nitrogens with one attached hydrogen (secondary N) is 2. The van der Waals surface area contributed by atoms with E-state index >= 15 is 0 Å². The normalized spacial score (nSPS) is 11.7. The molecule has 0 unspecified atom stereocenters.